The minimum absolute atomic E-state index is 0.0198. The first-order valence-corrected chi connectivity index (χ1v) is 12.9. The largest absolute Gasteiger partial charge is 0.457 e. The molecule has 196 valence electrons. The summed E-state index contributed by atoms with van der Waals surface area (Å²) < 4.78 is 16.6. The molecule has 3 aromatic rings. The van der Waals surface area contributed by atoms with Gasteiger partial charge in [0.1, 0.15) is 17.9 Å². The Morgan fingerprint density at radius 1 is 0.947 bits per heavy atom. The van der Waals surface area contributed by atoms with Crippen LogP contribution in [0.15, 0.2) is 72.8 Å². The first kappa shape index (κ1) is 25.5. The van der Waals surface area contributed by atoms with Crippen molar-refractivity contribution >= 4 is 23.5 Å². The van der Waals surface area contributed by atoms with Gasteiger partial charge in [-0.1, -0.05) is 55.3 Å². The summed E-state index contributed by atoms with van der Waals surface area (Å²) in [5.74, 6) is -0.908. The van der Waals surface area contributed by atoms with Crippen molar-refractivity contribution in [2.24, 2.45) is 5.92 Å². The number of cyclic esters (lactones) is 1. The Hall–Kier alpha value is -4.13. The fraction of sp³-hybridized carbons (Fsp3) is 0.323. The molecule has 1 aliphatic heterocycles. The molecular formula is C31H31NO6. The second kappa shape index (κ2) is 10.7. The Morgan fingerprint density at radius 3 is 2.39 bits per heavy atom. The summed E-state index contributed by atoms with van der Waals surface area (Å²) in [6.07, 6.45) is 3.63. The molecule has 0 radical (unpaired) electrons. The van der Waals surface area contributed by atoms with Crippen LogP contribution in [0.4, 0.5) is 5.69 Å². The average molecular weight is 514 g/mol. The molecule has 7 nitrogen and oxygen atoms in total. The monoisotopic (exact) mass is 513 g/mol. The second-order valence-electron chi connectivity index (χ2n) is 10.3. The van der Waals surface area contributed by atoms with Crippen LogP contribution >= 0.6 is 0 Å². The Bertz CT molecular complexity index is 1330. The van der Waals surface area contributed by atoms with E-state index in [4.69, 9.17) is 14.2 Å². The zero-order valence-electron chi connectivity index (χ0n) is 21.6. The number of nitrogens with zero attached hydrogens (tertiary/aromatic N) is 1. The van der Waals surface area contributed by atoms with Crippen LogP contribution in [-0.4, -0.2) is 23.6 Å². The zero-order chi connectivity index (χ0) is 26.7. The minimum atomic E-state index is -1.05. The van der Waals surface area contributed by atoms with Crippen molar-refractivity contribution in [1.29, 1.82) is 0 Å². The highest BCUT2D eigenvalue weighted by Gasteiger charge is 2.34. The van der Waals surface area contributed by atoms with Gasteiger partial charge < -0.3 is 19.1 Å². The zero-order valence-corrected chi connectivity index (χ0v) is 21.6. The van der Waals surface area contributed by atoms with Crippen LogP contribution < -0.4 is 9.64 Å². The molecule has 1 amide bonds. The molecule has 0 N–H and O–H groups in total. The first-order chi connectivity index (χ1) is 18.3. The first-order valence-electron chi connectivity index (χ1n) is 12.9. The molecule has 1 aliphatic carbocycles. The van der Waals surface area contributed by atoms with Gasteiger partial charge in [-0.2, -0.15) is 0 Å². The van der Waals surface area contributed by atoms with Crippen molar-refractivity contribution in [1.82, 2.24) is 0 Å². The van der Waals surface area contributed by atoms with Gasteiger partial charge in [0.2, 0.25) is 11.7 Å². The maximum Gasteiger partial charge on any atom is 0.345 e. The molecule has 1 heterocycles. The molecule has 3 aromatic carbocycles. The van der Waals surface area contributed by atoms with Crippen molar-refractivity contribution in [2.75, 3.05) is 4.90 Å². The van der Waals surface area contributed by atoms with E-state index in [9.17, 15) is 14.4 Å². The van der Waals surface area contributed by atoms with Crippen LogP contribution in [0.1, 0.15) is 71.4 Å². The molecule has 0 unspecified atom stereocenters. The summed E-state index contributed by atoms with van der Waals surface area (Å²) in [5, 5.41) is 0. The summed E-state index contributed by atoms with van der Waals surface area (Å²) >= 11 is 0. The highest BCUT2D eigenvalue weighted by Crippen LogP contribution is 2.36. The van der Waals surface area contributed by atoms with Crippen LogP contribution in [0.5, 0.6) is 5.75 Å². The standard InChI is InChI=1S/C31H31NO6/c1-31(2)37-27-16-15-25(18-26(27)30(35)38-31)32(28(33)17-12-21-8-9-21)19-22-10-13-24(14-11-22)29(34)36-20-23-6-4-3-5-7-23/h3-7,10-11,13-16,18,21H,8-9,12,17,19-20H2,1-2H3. The van der Waals surface area contributed by atoms with E-state index in [1.54, 1.807) is 49.1 Å². The molecule has 7 heteroatoms. The van der Waals surface area contributed by atoms with Gasteiger partial charge in [0.15, 0.2) is 0 Å². The topological polar surface area (TPSA) is 82.1 Å². The third kappa shape index (κ3) is 6.22. The number of amides is 1. The SMILES string of the molecule is CC1(C)OC(=O)c2cc(N(Cc3ccc(C(=O)OCc4ccccc4)cc3)C(=O)CCC3CC3)ccc2O1. The number of rotatable bonds is 9. The van der Waals surface area contributed by atoms with Crippen LogP contribution in [0, 0.1) is 5.92 Å². The summed E-state index contributed by atoms with van der Waals surface area (Å²) in [6.45, 7) is 3.85. The molecule has 38 heavy (non-hydrogen) atoms. The summed E-state index contributed by atoms with van der Waals surface area (Å²) in [6, 6.07) is 21.7. The summed E-state index contributed by atoms with van der Waals surface area (Å²) in [5.41, 5.74) is 3.09. The van der Waals surface area contributed by atoms with Crippen molar-refractivity contribution in [2.45, 2.75) is 58.5 Å². The Kier molecular flexibility index (Phi) is 7.18. The molecule has 0 aromatic heterocycles. The van der Waals surface area contributed by atoms with E-state index in [0.717, 1.165) is 17.5 Å². The lowest BCUT2D eigenvalue weighted by Gasteiger charge is -2.32. The van der Waals surface area contributed by atoms with Gasteiger partial charge >= 0.3 is 11.9 Å². The maximum absolute atomic E-state index is 13.3. The number of carbonyl (C=O) groups excluding carboxylic acids is 3. The number of fused-ring (bicyclic) bond motifs is 1. The quantitative estimate of drug-likeness (QED) is 0.324. The van der Waals surface area contributed by atoms with E-state index >= 15 is 0 Å². The van der Waals surface area contributed by atoms with E-state index in [1.165, 1.54) is 12.8 Å². The van der Waals surface area contributed by atoms with Crippen molar-refractivity contribution in [3.8, 4) is 5.75 Å². The third-order valence-corrected chi connectivity index (χ3v) is 6.70. The highest BCUT2D eigenvalue weighted by molar-refractivity contribution is 5.98. The van der Waals surface area contributed by atoms with E-state index in [1.807, 2.05) is 42.5 Å². The van der Waals surface area contributed by atoms with Crippen molar-refractivity contribution in [3.63, 3.8) is 0 Å². The number of carbonyl (C=O) groups is 3. The predicted octanol–water partition coefficient (Wildman–Crippen LogP) is 6.05. The van der Waals surface area contributed by atoms with Crippen LogP contribution in [0.3, 0.4) is 0 Å². The van der Waals surface area contributed by atoms with Gasteiger partial charge in [-0.3, -0.25) is 4.79 Å². The maximum atomic E-state index is 13.3. The number of ether oxygens (including phenoxy) is 3. The molecule has 1 saturated carbocycles. The highest BCUT2D eigenvalue weighted by atomic mass is 16.7. The van der Waals surface area contributed by atoms with Gasteiger partial charge in [0.25, 0.3) is 0 Å². The van der Waals surface area contributed by atoms with Gasteiger partial charge in [-0.05, 0) is 53.8 Å². The molecular weight excluding hydrogens is 482 g/mol. The van der Waals surface area contributed by atoms with Gasteiger partial charge in [-0.25, -0.2) is 9.59 Å². The average Bonchev–Trinajstić information content (AvgIpc) is 3.74. The summed E-state index contributed by atoms with van der Waals surface area (Å²) in [7, 11) is 0. The molecule has 5 rings (SSSR count). The van der Waals surface area contributed by atoms with E-state index in [-0.39, 0.29) is 12.5 Å². The van der Waals surface area contributed by atoms with Crippen molar-refractivity contribution < 1.29 is 28.6 Å². The van der Waals surface area contributed by atoms with Gasteiger partial charge in [-0.15, -0.1) is 0 Å². The fourth-order valence-electron chi connectivity index (χ4n) is 4.43. The number of hydrogen-bond donors (Lipinski definition) is 0. The molecule has 0 spiro atoms. The molecule has 0 saturated heterocycles. The van der Waals surface area contributed by atoms with E-state index in [0.29, 0.717) is 41.4 Å². The summed E-state index contributed by atoms with van der Waals surface area (Å²) in [4.78, 5) is 40.1. The lowest BCUT2D eigenvalue weighted by molar-refractivity contribution is -0.127. The van der Waals surface area contributed by atoms with Gasteiger partial charge in [0, 0.05) is 26.0 Å². The number of hydrogen-bond acceptors (Lipinski definition) is 6. The lowest BCUT2D eigenvalue weighted by Crippen LogP contribution is -2.39. The van der Waals surface area contributed by atoms with E-state index in [2.05, 4.69) is 0 Å². The molecule has 0 bridgehead atoms. The predicted molar refractivity (Wildman–Crippen MR) is 142 cm³/mol. The number of esters is 2. The smallest absolute Gasteiger partial charge is 0.345 e. The van der Waals surface area contributed by atoms with Crippen LogP contribution in [0.2, 0.25) is 0 Å². The second-order valence-corrected chi connectivity index (χ2v) is 10.3. The number of benzene rings is 3. The Morgan fingerprint density at radius 2 is 1.68 bits per heavy atom. The Labute approximate surface area is 222 Å². The molecule has 1 fully saturated rings. The van der Waals surface area contributed by atoms with Crippen LogP contribution in [0.25, 0.3) is 0 Å². The van der Waals surface area contributed by atoms with Gasteiger partial charge in [0.05, 0.1) is 12.1 Å². The van der Waals surface area contributed by atoms with E-state index < -0.39 is 17.7 Å². The Balaban J connectivity index is 1.32. The normalized spacial score (nSPS) is 15.6. The van der Waals surface area contributed by atoms with Crippen LogP contribution in [-0.2, 0) is 27.4 Å². The molecule has 0 atom stereocenters. The van der Waals surface area contributed by atoms with Crippen molar-refractivity contribution in [3.05, 3.63) is 95.1 Å². The fourth-order valence-corrected chi connectivity index (χ4v) is 4.43. The molecule has 2 aliphatic rings. The number of anilines is 1. The lowest BCUT2D eigenvalue weighted by atomic mass is 10.1. The minimum Gasteiger partial charge on any atom is -0.457 e. The third-order valence-electron chi connectivity index (χ3n) is 6.70.